The lowest BCUT2D eigenvalue weighted by molar-refractivity contribution is 0.107. The highest BCUT2D eigenvalue weighted by molar-refractivity contribution is 7.09. The zero-order valence-corrected chi connectivity index (χ0v) is 11.5. The Bertz CT molecular complexity index is 515. The summed E-state index contributed by atoms with van der Waals surface area (Å²) >= 11 is 7.40. The van der Waals surface area contributed by atoms with Gasteiger partial charge < -0.3 is 9.84 Å². The summed E-state index contributed by atoms with van der Waals surface area (Å²) in [6, 6.07) is 7.13. The number of rotatable bonds is 5. The van der Waals surface area contributed by atoms with Crippen molar-refractivity contribution in [2.45, 2.75) is 19.4 Å². The Morgan fingerprint density at radius 2 is 2.33 bits per heavy atom. The number of nitrogens with zero attached hydrogens (tertiary/aromatic N) is 1. The fourth-order valence-corrected chi connectivity index (χ4v) is 2.53. The van der Waals surface area contributed by atoms with E-state index < -0.39 is 6.10 Å². The Morgan fingerprint density at radius 1 is 1.50 bits per heavy atom. The molecule has 0 aliphatic heterocycles. The van der Waals surface area contributed by atoms with Crippen LogP contribution in [0.2, 0.25) is 5.02 Å². The fourth-order valence-electron chi connectivity index (χ4n) is 1.51. The molecule has 0 saturated heterocycles. The van der Waals surface area contributed by atoms with Gasteiger partial charge >= 0.3 is 0 Å². The second-order valence-corrected chi connectivity index (χ2v) is 5.39. The van der Waals surface area contributed by atoms with Crippen LogP contribution in [0.25, 0.3) is 0 Å². The van der Waals surface area contributed by atoms with Gasteiger partial charge in [-0.1, -0.05) is 17.7 Å². The minimum Gasteiger partial charge on any atom is -0.491 e. The van der Waals surface area contributed by atoms with E-state index in [1.54, 1.807) is 23.5 Å². The Kier molecular flexibility index (Phi) is 4.58. The van der Waals surface area contributed by atoms with Crippen LogP contribution in [0.4, 0.5) is 0 Å². The van der Waals surface area contributed by atoms with Gasteiger partial charge in [0.15, 0.2) is 0 Å². The molecule has 0 bridgehead atoms. The van der Waals surface area contributed by atoms with Crippen molar-refractivity contribution in [3.05, 3.63) is 45.4 Å². The summed E-state index contributed by atoms with van der Waals surface area (Å²) in [6.45, 7) is 2.17. The van der Waals surface area contributed by atoms with Gasteiger partial charge in [0, 0.05) is 22.5 Å². The maximum atomic E-state index is 9.85. The number of hydrogen-bond acceptors (Lipinski definition) is 4. The predicted octanol–water partition coefficient (Wildman–Crippen LogP) is 3.09. The Hall–Kier alpha value is -1.10. The summed E-state index contributed by atoms with van der Waals surface area (Å²) in [6.07, 6.45) is -0.0477. The van der Waals surface area contributed by atoms with Crippen LogP contribution in [0.3, 0.4) is 0 Å². The molecular formula is C13H14ClNO2S. The van der Waals surface area contributed by atoms with E-state index in [0.717, 1.165) is 10.7 Å². The van der Waals surface area contributed by atoms with Gasteiger partial charge in [-0.15, -0.1) is 11.3 Å². The van der Waals surface area contributed by atoms with Crippen LogP contribution in [0, 0.1) is 6.92 Å². The van der Waals surface area contributed by atoms with Crippen molar-refractivity contribution in [3.8, 4) is 5.75 Å². The van der Waals surface area contributed by atoms with Crippen molar-refractivity contribution in [2.75, 3.05) is 6.61 Å². The number of halogens is 1. The van der Waals surface area contributed by atoms with E-state index in [-0.39, 0.29) is 6.61 Å². The normalized spacial score (nSPS) is 12.4. The number of benzene rings is 1. The Labute approximate surface area is 115 Å². The first-order chi connectivity index (χ1) is 8.63. The van der Waals surface area contributed by atoms with E-state index in [1.165, 1.54) is 0 Å². The molecule has 0 radical (unpaired) electrons. The maximum Gasteiger partial charge on any atom is 0.120 e. The topological polar surface area (TPSA) is 42.4 Å². The number of aryl methyl sites for hydroxylation is 1. The zero-order valence-electron chi connectivity index (χ0n) is 9.97. The van der Waals surface area contributed by atoms with Crippen LogP contribution < -0.4 is 4.74 Å². The van der Waals surface area contributed by atoms with Gasteiger partial charge in [0.1, 0.15) is 12.4 Å². The summed E-state index contributed by atoms with van der Waals surface area (Å²) in [7, 11) is 0. The minimum atomic E-state index is -0.561. The number of hydrogen-bond donors (Lipinski definition) is 1. The van der Waals surface area contributed by atoms with Crippen molar-refractivity contribution in [1.29, 1.82) is 0 Å². The Morgan fingerprint density at radius 3 is 3.00 bits per heavy atom. The van der Waals surface area contributed by atoms with Crippen molar-refractivity contribution in [3.63, 3.8) is 0 Å². The van der Waals surface area contributed by atoms with Crippen LogP contribution in [-0.2, 0) is 6.42 Å². The molecule has 1 N–H and O–H groups in total. The van der Waals surface area contributed by atoms with E-state index in [1.807, 2.05) is 24.4 Å². The first-order valence-corrected chi connectivity index (χ1v) is 6.86. The minimum absolute atomic E-state index is 0.235. The molecule has 96 valence electrons. The molecule has 0 spiro atoms. The number of ether oxygens (including phenoxy) is 1. The van der Waals surface area contributed by atoms with E-state index in [9.17, 15) is 5.11 Å². The molecule has 1 aromatic heterocycles. The van der Waals surface area contributed by atoms with E-state index >= 15 is 0 Å². The standard InChI is InChI=1S/C13H14ClNO2S/c1-9-8-18-13(15-9)6-11(16)7-17-12-4-2-3-10(14)5-12/h2-5,8,11,16H,6-7H2,1H3. The quantitative estimate of drug-likeness (QED) is 0.917. The first kappa shape index (κ1) is 13.3. The molecule has 0 amide bonds. The molecule has 0 fully saturated rings. The molecule has 2 rings (SSSR count). The molecule has 0 saturated carbocycles. The highest BCUT2D eigenvalue weighted by atomic mass is 35.5. The van der Waals surface area contributed by atoms with Crippen molar-refractivity contribution in [1.82, 2.24) is 4.98 Å². The largest absolute Gasteiger partial charge is 0.491 e. The third-order valence-electron chi connectivity index (χ3n) is 2.32. The summed E-state index contributed by atoms with van der Waals surface area (Å²) < 4.78 is 5.47. The van der Waals surface area contributed by atoms with Crippen molar-refractivity contribution in [2.24, 2.45) is 0 Å². The van der Waals surface area contributed by atoms with Crippen LogP contribution in [0.15, 0.2) is 29.6 Å². The molecule has 0 aliphatic carbocycles. The molecular weight excluding hydrogens is 270 g/mol. The second-order valence-electron chi connectivity index (χ2n) is 4.01. The molecule has 1 unspecified atom stereocenters. The lowest BCUT2D eigenvalue weighted by atomic mass is 10.3. The van der Waals surface area contributed by atoms with Gasteiger partial charge in [0.2, 0.25) is 0 Å². The third-order valence-corrected chi connectivity index (χ3v) is 3.54. The van der Waals surface area contributed by atoms with Crippen LogP contribution in [0.1, 0.15) is 10.7 Å². The number of thiazole rings is 1. The van der Waals surface area contributed by atoms with Crippen LogP contribution >= 0.6 is 22.9 Å². The zero-order chi connectivity index (χ0) is 13.0. The maximum absolute atomic E-state index is 9.85. The smallest absolute Gasteiger partial charge is 0.120 e. The van der Waals surface area contributed by atoms with Gasteiger partial charge in [0.05, 0.1) is 11.1 Å². The molecule has 1 aromatic carbocycles. The molecule has 2 aromatic rings. The molecule has 3 nitrogen and oxygen atoms in total. The van der Waals surface area contributed by atoms with Crippen LogP contribution in [-0.4, -0.2) is 22.8 Å². The number of aliphatic hydroxyl groups is 1. The first-order valence-electron chi connectivity index (χ1n) is 5.61. The van der Waals surface area contributed by atoms with Gasteiger partial charge in [-0.05, 0) is 25.1 Å². The van der Waals surface area contributed by atoms with Crippen LogP contribution in [0.5, 0.6) is 5.75 Å². The molecule has 1 atom stereocenters. The fraction of sp³-hybridized carbons (Fsp3) is 0.308. The second kappa shape index (κ2) is 6.18. The van der Waals surface area contributed by atoms with Gasteiger partial charge in [-0.2, -0.15) is 0 Å². The summed E-state index contributed by atoms with van der Waals surface area (Å²) in [4.78, 5) is 4.30. The van der Waals surface area contributed by atoms with E-state index in [4.69, 9.17) is 16.3 Å². The van der Waals surface area contributed by atoms with Gasteiger partial charge in [-0.25, -0.2) is 4.98 Å². The number of aromatic nitrogens is 1. The monoisotopic (exact) mass is 283 g/mol. The summed E-state index contributed by atoms with van der Waals surface area (Å²) in [5, 5.41) is 13.4. The average molecular weight is 284 g/mol. The molecule has 0 aliphatic rings. The SMILES string of the molecule is Cc1csc(CC(O)COc2cccc(Cl)c2)n1. The highest BCUT2D eigenvalue weighted by Crippen LogP contribution is 2.18. The molecule has 18 heavy (non-hydrogen) atoms. The van der Waals surface area contributed by atoms with E-state index in [2.05, 4.69) is 4.98 Å². The molecule has 1 heterocycles. The summed E-state index contributed by atoms with van der Waals surface area (Å²) in [5.74, 6) is 0.664. The highest BCUT2D eigenvalue weighted by Gasteiger charge is 2.09. The Balaban J connectivity index is 1.83. The third kappa shape index (κ3) is 3.98. The van der Waals surface area contributed by atoms with E-state index in [0.29, 0.717) is 17.2 Å². The van der Waals surface area contributed by atoms with Crippen molar-refractivity contribution < 1.29 is 9.84 Å². The lowest BCUT2D eigenvalue weighted by Gasteiger charge is -2.11. The lowest BCUT2D eigenvalue weighted by Crippen LogP contribution is -2.20. The predicted molar refractivity (Wildman–Crippen MR) is 73.5 cm³/mol. The number of aliphatic hydroxyl groups excluding tert-OH is 1. The molecule has 5 heteroatoms. The van der Waals surface area contributed by atoms with Gasteiger partial charge in [-0.3, -0.25) is 0 Å². The van der Waals surface area contributed by atoms with Crippen molar-refractivity contribution >= 4 is 22.9 Å². The average Bonchev–Trinajstić information content (AvgIpc) is 2.72. The van der Waals surface area contributed by atoms with Gasteiger partial charge in [0.25, 0.3) is 0 Å². The summed E-state index contributed by atoms with van der Waals surface area (Å²) in [5.41, 5.74) is 0.984.